The molecule has 0 saturated carbocycles. The van der Waals surface area contributed by atoms with Gasteiger partial charge in [0.15, 0.2) is 9.84 Å². The second-order valence-corrected chi connectivity index (χ2v) is 12.0. The number of thioether (sulfide) groups is 1. The number of hydrogen-bond acceptors (Lipinski definition) is 7. The molecule has 1 amide bonds. The van der Waals surface area contributed by atoms with Crippen LogP contribution in [0.5, 0.6) is 5.75 Å². The highest BCUT2D eigenvalue weighted by Gasteiger charge is 2.42. The standard InChI is InChI=1S/C24H21N3O4S3/c1-31-20-9-7-16(8-10-20)22-17(14-26(25-22)18-5-3-2-4-6-18)13-21-23(28)27(24(32)33-21)19-11-12-34(29,30)15-19/h2-10,13-14,19H,11-12,15H2,1H3/b21-13+/t19-/m1/s1. The van der Waals surface area contributed by atoms with E-state index in [4.69, 9.17) is 22.1 Å². The quantitative estimate of drug-likeness (QED) is 0.379. The highest BCUT2D eigenvalue weighted by molar-refractivity contribution is 8.26. The fourth-order valence-corrected chi connectivity index (χ4v) is 7.19. The summed E-state index contributed by atoms with van der Waals surface area (Å²) in [6.07, 6.45) is 4.07. The number of methoxy groups -OCH3 is 1. The number of nitrogens with zero attached hydrogens (tertiary/aromatic N) is 3. The third-order valence-corrected chi connectivity index (χ3v) is 8.89. The average Bonchev–Trinajstić information content (AvgIpc) is 3.49. The third-order valence-electron chi connectivity index (χ3n) is 5.81. The van der Waals surface area contributed by atoms with Gasteiger partial charge in [-0.15, -0.1) is 0 Å². The SMILES string of the molecule is COc1ccc(-c2nn(-c3ccccc3)cc2/C=C2/SC(=S)N([C@@H]3CCS(=O)(=O)C3)C2=O)cc1. The molecule has 174 valence electrons. The monoisotopic (exact) mass is 511 g/mol. The smallest absolute Gasteiger partial charge is 0.266 e. The number of aromatic nitrogens is 2. The predicted molar refractivity (Wildman–Crippen MR) is 138 cm³/mol. The van der Waals surface area contributed by atoms with Crippen molar-refractivity contribution in [1.82, 2.24) is 14.7 Å². The van der Waals surface area contributed by atoms with Crippen LogP contribution in [0.2, 0.25) is 0 Å². The van der Waals surface area contributed by atoms with Crippen LogP contribution in [0.15, 0.2) is 65.7 Å². The molecule has 0 unspecified atom stereocenters. The van der Waals surface area contributed by atoms with Crippen molar-refractivity contribution in [2.45, 2.75) is 12.5 Å². The second-order valence-electron chi connectivity index (χ2n) is 8.05. The maximum atomic E-state index is 13.2. The molecule has 2 aliphatic rings. The Hall–Kier alpha value is -2.95. The lowest BCUT2D eigenvalue weighted by Crippen LogP contribution is -2.39. The Morgan fingerprint density at radius 2 is 1.88 bits per heavy atom. The number of carbonyl (C=O) groups excluding carboxylic acids is 1. The zero-order valence-corrected chi connectivity index (χ0v) is 20.7. The molecule has 0 radical (unpaired) electrons. The summed E-state index contributed by atoms with van der Waals surface area (Å²) in [5.74, 6) is 0.514. The fourth-order valence-electron chi connectivity index (χ4n) is 4.09. The van der Waals surface area contributed by atoms with Gasteiger partial charge in [0, 0.05) is 17.3 Å². The van der Waals surface area contributed by atoms with Crippen molar-refractivity contribution in [3.63, 3.8) is 0 Å². The summed E-state index contributed by atoms with van der Waals surface area (Å²) >= 11 is 6.65. The van der Waals surface area contributed by atoms with Crippen molar-refractivity contribution in [3.8, 4) is 22.7 Å². The lowest BCUT2D eigenvalue weighted by Gasteiger charge is -2.20. The van der Waals surface area contributed by atoms with Gasteiger partial charge in [-0.25, -0.2) is 13.1 Å². The molecule has 7 nitrogen and oxygen atoms in total. The van der Waals surface area contributed by atoms with Gasteiger partial charge in [0.1, 0.15) is 10.1 Å². The largest absolute Gasteiger partial charge is 0.497 e. The number of thiocarbonyl (C=S) groups is 1. The number of benzene rings is 2. The molecule has 1 atom stereocenters. The zero-order valence-electron chi connectivity index (χ0n) is 18.2. The molecule has 0 spiro atoms. The topological polar surface area (TPSA) is 81.5 Å². The summed E-state index contributed by atoms with van der Waals surface area (Å²) < 4.78 is 31.3. The first-order valence-corrected chi connectivity index (χ1v) is 13.7. The molecule has 0 bridgehead atoms. The Morgan fingerprint density at radius 3 is 2.53 bits per heavy atom. The summed E-state index contributed by atoms with van der Waals surface area (Å²) in [6, 6.07) is 16.9. The Morgan fingerprint density at radius 1 is 1.15 bits per heavy atom. The van der Waals surface area contributed by atoms with Gasteiger partial charge in [-0.05, 0) is 48.9 Å². The van der Waals surface area contributed by atoms with Crippen LogP contribution in [-0.2, 0) is 14.6 Å². The molecule has 3 aromatic rings. The number of ether oxygens (including phenoxy) is 1. The lowest BCUT2D eigenvalue weighted by atomic mass is 10.1. The summed E-state index contributed by atoms with van der Waals surface area (Å²) in [5, 5.41) is 4.79. The number of sulfone groups is 1. The minimum atomic E-state index is -3.14. The minimum absolute atomic E-state index is 0.0459. The zero-order chi connectivity index (χ0) is 23.9. The first-order chi connectivity index (χ1) is 16.3. The molecule has 2 fully saturated rings. The van der Waals surface area contributed by atoms with Gasteiger partial charge < -0.3 is 4.74 Å². The molecule has 34 heavy (non-hydrogen) atoms. The fraction of sp³-hybridized carbons (Fsp3) is 0.208. The van der Waals surface area contributed by atoms with Crippen LogP contribution in [0.25, 0.3) is 23.0 Å². The van der Waals surface area contributed by atoms with Gasteiger partial charge in [0.2, 0.25) is 0 Å². The van der Waals surface area contributed by atoms with E-state index in [1.165, 1.54) is 16.7 Å². The van der Waals surface area contributed by atoms with E-state index in [1.807, 2.05) is 60.8 Å². The van der Waals surface area contributed by atoms with Crippen molar-refractivity contribution < 1.29 is 17.9 Å². The number of amides is 1. The molecule has 5 rings (SSSR count). The van der Waals surface area contributed by atoms with E-state index in [0.717, 1.165) is 22.6 Å². The van der Waals surface area contributed by atoms with Crippen molar-refractivity contribution in [2.24, 2.45) is 0 Å². The molecule has 2 saturated heterocycles. The lowest BCUT2D eigenvalue weighted by molar-refractivity contribution is -0.123. The van der Waals surface area contributed by atoms with E-state index < -0.39 is 15.9 Å². The van der Waals surface area contributed by atoms with E-state index in [2.05, 4.69) is 0 Å². The first kappa shape index (κ1) is 22.8. The Kier molecular flexibility index (Phi) is 6.05. The molecule has 1 aromatic heterocycles. The highest BCUT2D eigenvalue weighted by atomic mass is 32.2. The van der Waals surface area contributed by atoms with E-state index in [9.17, 15) is 13.2 Å². The maximum Gasteiger partial charge on any atom is 0.266 e. The van der Waals surface area contributed by atoms with Crippen LogP contribution in [0.1, 0.15) is 12.0 Å². The Balaban J connectivity index is 1.54. The van der Waals surface area contributed by atoms with E-state index in [1.54, 1.807) is 17.9 Å². The predicted octanol–water partition coefficient (Wildman–Crippen LogP) is 3.94. The molecule has 0 aliphatic carbocycles. The van der Waals surface area contributed by atoms with Crippen molar-refractivity contribution in [1.29, 1.82) is 0 Å². The number of rotatable bonds is 5. The summed E-state index contributed by atoms with van der Waals surface area (Å²) in [6.45, 7) is 0. The summed E-state index contributed by atoms with van der Waals surface area (Å²) in [5.41, 5.74) is 3.23. The van der Waals surface area contributed by atoms with E-state index >= 15 is 0 Å². The van der Waals surface area contributed by atoms with Gasteiger partial charge in [0.05, 0.1) is 40.9 Å². The summed E-state index contributed by atoms with van der Waals surface area (Å²) in [4.78, 5) is 15.2. The van der Waals surface area contributed by atoms with Gasteiger partial charge in [0.25, 0.3) is 5.91 Å². The summed E-state index contributed by atoms with van der Waals surface area (Å²) in [7, 11) is -1.52. The highest BCUT2D eigenvalue weighted by Crippen LogP contribution is 2.37. The molecular weight excluding hydrogens is 490 g/mol. The van der Waals surface area contributed by atoms with Crippen LogP contribution in [0.4, 0.5) is 0 Å². The maximum absolute atomic E-state index is 13.2. The van der Waals surface area contributed by atoms with Crippen LogP contribution < -0.4 is 4.74 Å². The molecular formula is C24H21N3O4S3. The molecule has 0 N–H and O–H groups in total. The van der Waals surface area contributed by atoms with E-state index in [-0.39, 0.29) is 17.4 Å². The van der Waals surface area contributed by atoms with Gasteiger partial charge in [-0.2, -0.15) is 5.10 Å². The van der Waals surface area contributed by atoms with Crippen LogP contribution >= 0.6 is 24.0 Å². The van der Waals surface area contributed by atoms with Crippen LogP contribution in [-0.4, -0.2) is 58.0 Å². The Labute approximate surface area is 207 Å². The molecule has 2 aromatic carbocycles. The van der Waals surface area contributed by atoms with Gasteiger partial charge in [-0.3, -0.25) is 9.69 Å². The number of carbonyl (C=O) groups is 1. The number of para-hydroxylation sites is 1. The first-order valence-electron chi connectivity index (χ1n) is 10.6. The van der Waals surface area contributed by atoms with Crippen molar-refractivity contribution in [2.75, 3.05) is 18.6 Å². The van der Waals surface area contributed by atoms with Crippen LogP contribution in [0.3, 0.4) is 0 Å². The van der Waals surface area contributed by atoms with Gasteiger partial charge in [-0.1, -0.05) is 42.2 Å². The second kappa shape index (κ2) is 9.01. The van der Waals surface area contributed by atoms with Crippen molar-refractivity contribution >= 4 is 50.1 Å². The van der Waals surface area contributed by atoms with Crippen LogP contribution in [0, 0.1) is 0 Å². The molecule has 3 heterocycles. The van der Waals surface area contributed by atoms with Gasteiger partial charge >= 0.3 is 0 Å². The molecule has 2 aliphatic heterocycles. The molecule has 10 heteroatoms. The normalized spacial score (nSPS) is 20.9. The third kappa shape index (κ3) is 4.40. The minimum Gasteiger partial charge on any atom is -0.497 e. The van der Waals surface area contributed by atoms with Crippen molar-refractivity contribution in [3.05, 3.63) is 71.3 Å². The van der Waals surface area contributed by atoms with E-state index in [0.29, 0.717) is 21.3 Å². The Bertz CT molecular complexity index is 1400. The average molecular weight is 512 g/mol. The number of hydrogen-bond donors (Lipinski definition) is 0.